The summed E-state index contributed by atoms with van der Waals surface area (Å²) in [5.41, 5.74) is 1.71. The zero-order chi connectivity index (χ0) is 18.0. The zero-order valence-electron chi connectivity index (χ0n) is 13.2. The standard InChI is InChI=1S/C17H14N2O4S2/c1-23-13-6-4-11(5-7-13)18-8-2-3-12(18)9-14-16(22)19(10-15(20)21)17(24)25-14/h2-9H,10H2,1H3,(H,20,21). The van der Waals surface area contributed by atoms with Gasteiger partial charge in [0.15, 0.2) is 0 Å². The number of carboxylic acid groups (broad SMARTS) is 1. The van der Waals surface area contributed by atoms with Crippen molar-refractivity contribution in [1.82, 2.24) is 9.47 Å². The minimum atomic E-state index is -1.10. The minimum absolute atomic E-state index is 0.251. The molecule has 1 aliphatic rings. The van der Waals surface area contributed by atoms with Crippen molar-refractivity contribution in [3.8, 4) is 11.4 Å². The SMILES string of the molecule is COc1ccc(-n2cccc2C=C2SC(=S)N(CC(=O)O)C2=O)cc1. The lowest BCUT2D eigenvalue weighted by atomic mass is 10.3. The summed E-state index contributed by atoms with van der Waals surface area (Å²) in [5.74, 6) is -0.731. The summed E-state index contributed by atoms with van der Waals surface area (Å²) >= 11 is 6.21. The highest BCUT2D eigenvalue weighted by Gasteiger charge is 2.33. The van der Waals surface area contributed by atoms with Gasteiger partial charge in [0, 0.05) is 17.6 Å². The van der Waals surface area contributed by atoms with E-state index in [0.29, 0.717) is 4.91 Å². The maximum atomic E-state index is 12.4. The van der Waals surface area contributed by atoms with Gasteiger partial charge >= 0.3 is 5.97 Å². The van der Waals surface area contributed by atoms with Gasteiger partial charge in [-0.1, -0.05) is 24.0 Å². The number of aliphatic carboxylic acids is 1. The number of carbonyl (C=O) groups excluding carboxylic acids is 1. The topological polar surface area (TPSA) is 71.8 Å². The molecule has 2 heterocycles. The number of benzene rings is 1. The first kappa shape index (κ1) is 17.2. The summed E-state index contributed by atoms with van der Waals surface area (Å²) < 4.78 is 7.33. The number of rotatable bonds is 5. The third-order valence-corrected chi connectivity index (χ3v) is 4.95. The number of nitrogens with zero attached hydrogens (tertiary/aromatic N) is 2. The Labute approximate surface area is 153 Å². The highest BCUT2D eigenvalue weighted by molar-refractivity contribution is 8.26. The second-order valence-corrected chi connectivity index (χ2v) is 6.84. The number of carboxylic acids is 1. The largest absolute Gasteiger partial charge is 0.497 e. The monoisotopic (exact) mass is 374 g/mol. The molecule has 1 aliphatic heterocycles. The molecule has 8 heteroatoms. The summed E-state index contributed by atoms with van der Waals surface area (Å²) in [7, 11) is 1.61. The summed E-state index contributed by atoms with van der Waals surface area (Å²) in [4.78, 5) is 24.7. The Hall–Kier alpha value is -2.58. The van der Waals surface area contributed by atoms with Crippen molar-refractivity contribution in [2.75, 3.05) is 13.7 Å². The first-order valence-electron chi connectivity index (χ1n) is 7.28. The Morgan fingerprint density at radius 2 is 2.04 bits per heavy atom. The van der Waals surface area contributed by atoms with Crippen LogP contribution in [0.3, 0.4) is 0 Å². The molecule has 1 aromatic carbocycles. The van der Waals surface area contributed by atoms with E-state index < -0.39 is 12.5 Å². The van der Waals surface area contributed by atoms with Gasteiger partial charge in [-0.2, -0.15) is 0 Å². The molecule has 0 radical (unpaired) electrons. The van der Waals surface area contributed by atoms with Gasteiger partial charge in [-0.25, -0.2) is 0 Å². The fourth-order valence-corrected chi connectivity index (χ4v) is 3.64. The molecule has 0 bridgehead atoms. The van der Waals surface area contributed by atoms with Gasteiger partial charge < -0.3 is 14.4 Å². The second kappa shape index (κ2) is 7.12. The van der Waals surface area contributed by atoms with Gasteiger partial charge in [-0.3, -0.25) is 14.5 Å². The van der Waals surface area contributed by atoms with Crippen LogP contribution in [-0.4, -0.2) is 44.4 Å². The summed E-state index contributed by atoms with van der Waals surface area (Å²) in [5, 5.41) is 8.89. The molecule has 0 spiro atoms. The van der Waals surface area contributed by atoms with Gasteiger partial charge in [-0.15, -0.1) is 0 Å². The van der Waals surface area contributed by atoms with Crippen molar-refractivity contribution in [1.29, 1.82) is 0 Å². The molecule has 3 rings (SSSR count). The van der Waals surface area contributed by atoms with Crippen molar-refractivity contribution in [2.24, 2.45) is 0 Å². The lowest BCUT2D eigenvalue weighted by Gasteiger charge is -2.10. The number of amides is 1. The number of hydrogen-bond donors (Lipinski definition) is 1. The average molecular weight is 374 g/mol. The number of thioether (sulfide) groups is 1. The smallest absolute Gasteiger partial charge is 0.323 e. The van der Waals surface area contributed by atoms with Crippen LogP contribution in [0.1, 0.15) is 5.69 Å². The minimum Gasteiger partial charge on any atom is -0.497 e. The molecule has 2 aromatic rings. The second-order valence-electron chi connectivity index (χ2n) is 5.16. The van der Waals surface area contributed by atoms with Crippen LogP contribution in [0.4, 0.5) is 0 Å². The Kier molecular flexibility index (Phi) is 4.91. The van der Waals surface area contributed by atoms with Crippen molar-refractivity contribution >= 4 is 46.3 Å². The molecule has 1 amide bonds. The number of carbonyl (C=O) groups is 2. The molecule has 0 aliphatic carbocycles. The van der Waals surface area contributed by atoms with E-state index in [2.05, 4.69) is 0 Å². The highest BCUT2D eigenvalue weighted by atomic mass is 32.2. The Bertz CT molecular complexity index is 871. The molecule has 0 unspecified atom stereocenters. The van der Waals surface area contributed by atoms with Crippen molar-refractivity contribution < 1.29 is 19.4 Å². The van der Waals surface area contributed by atoms with Crippen LogP contribution >= 0.6 is 24.0 Å². The maximum absolute atomic E-state index is 12.4. The number of hydrogen-bond acceptors (Lipinski definition) is 5. The van der Waals surface area contributed by atoms with Crippen LogP contribution in [-0.2, 0) is 9.59 Å². The zero-order valence-corrected chi connectivity index (χ0v) is 14.8. The maximum Gasteiger partial charge on any atom is 0.323 e. The third kappa shape index (κ3) is 3.59. The van der Waals surface area contributed by atoms with Crippen molar-refractivity contribution in [3.05, 3.63) is 53.2 Å². The van der Waals surface area contributed by atoms with Gasteiger partial charge in [0.25, 0.3) is 5.91 Å². The average Bonchev–Trinajstić information content (AvgIpc) is 3.15. The molecular formula is C17H14N2O4S2. The Morgan fingerprint density at radius 3 is 2.68 bits per heavy atom. The molecule has 1 saturated heterocycles. The molecule has 6 nitrogen and oxygen atoms in total. The summed E-state index contributed by atoms with van der Waals surface area (Å²) in [6, 6.07) is 11.3. The van der Waals surface area contributed by atoms with Gasteiger partial charge in [0.1, 0.15) is 16.6 Å². The number of aromatic nitrogens is 1. The summed E-state index contributed by atoms with van der Waals surface area (Å²) in [6.07, 6.45) is 3.59. The van der Waals surface area contributed by atoms with E-state index in [0.717, 1.165) is 33.8 Å². The van der Waals surface area contributed by atoms with E-state index in [4.69, 9.17) is 22.1 Å². The quantitative estimate of drug-likeness (QED) is 0.641. The first-order chi connectivity index (χ1) is 12.0. The van der Waals surface area contributed by atoms with Crippen molar-refractivity contribution in [3.63, 3.8) is 0 Å². The van der Waals surface area contributed by atoms with E-state index in [9.17, 15) is 9.59 Å². The van der Waals surface area contributed by atoms with Crippen LogP contribution < -0.4 is 4.74 Å². The lowest BCUT2D eigenvalue weighted by Crippen LogP contribution is -2.33. The van der Waals surface area contributed by atoms with E-state index in [1.807, 2.05) is 47.2 Å². The molecule has 25 heavy (non-hydrogen) atoms. The first-order valence-corrected chi connectivity index (χ1v) is 8.51. The van der Waals surface area contributed by atoms with Gasteiger partial charge in [0.2, 0.25) is 0 Å². The normalized spacial score (nSPS) is 15.9. The van der Waals surface area contributed by atoms with Gasteiger partial charge in [0.05, 0.1) is 12.0 Å². The van der Waals surface area contributed by atoms with Crippen LogP contribution in [0.25, 0.3) is 11.8 Å². The fourth-order valence-electron chi connectivity index (χ4n) is 2.40. The van der Waals surface area contributed by atoms with E-state index in [1.165, 1.54) is 0 Å². The summed E-state index contributed by atoms with van der Waals surface area (Å²) in [6.45, 7) is -0.429. The fraction of sp³-hybridized carbons (Fsp3) is 0.118. The van der Waals surface area contributed by atoms with E-state index >= 15 is 0 Å². The molecule has 128 valence electrons. The number of methoxy groups -OCH3 is 1. The number of ether oxygens (including phenoxy) is 1. The van der Waals surface area contributed by atoms with E-state index in [1.54, 1.807) is 13.2 Å². The molecule has 0 atom stereocenters. The molecule has 0 saturated carbocycles. The Balaban J connectivity index is 1.90. The van der Waals surface area contributed by atoms with Crippen LogP contribution in [0.5, 0.6) is 5.75 Å². The molecule has 1 fully saturated rings. The van der Waals surface area contributed by atoms with E-state index in [-0.39, 0.29) is 10.2 Å². The Morgan fingerprint density at radius 1 is 1.32 bits per heavy atom. The molecular weight excluding hydrogens is 360 g/mol. The van der Waals surface area contributed by atoms with Crippen LogP contribution in [0.2, 0.25) is 0 Å². The number of thiocarbonyl (C=S) groups is 1. The van der Waals surface area contributed by atoms with Crippen molar-refractivity contribution in [2.45, 2.75) is 0 Å². The predicted molar refractivity (Wildman–Crippen MR) is 99.8 cm³/mol. The van der Waals surface area contributed by atoms with Gasteiger partial charge in [-0.05, 0) is 42.5 Å². The van der Waals surface area contributed by atoms with Crippen LogP contribution in [0, 0.1) is 0 Å². The lowest BCUT2D eigenvalue weighted by molar-refractivity contribution is -0.140. The highest BCUT2D eigenvalue weighted by Crippen LogP contribution is 2.32. The third-order valence-electron chi connectivity index (χ3n) is 3.58. The molecule has 1 N–H and O–H groups in total. The predicted octanol–water partition coefficient (Wildman–Crippen LogP) is 2.77. The van der Waals surface area contributed by atoms with Crippen LogP contribution in [0.15, 0.2) is 47.5 Å². The molecule has 1 aromatic heterocycles.